The van der Waals surface area contributed by atoms with Crippen LogP contribution in [0.15, 0.2) is 60.7 Å². The van der Waals surface area contributed by atoms with Gasteiger partial charge in [0.1, 0.15) is 24.3 Å². The van der Waals surface area contributed by atoms with Crippen LogP contribution in [0.4, 0.5) is 5.69 Å². The summed E-state index contributed by atoms with van der Waals surface area (Å²) in [6.07, 6.45) is 0.632. The van der Waals surface area contributed by atoms with Crippen LogP contribution in [-0.4, -0.2) is 24.5 Å². The molecule has 0 radical (unpaired) electrons. The third-order valence-corrected chi connectivity index (χ3v) is 6.05. The maximum Gasteiger partial charge on any atom is 0.257 e. The van der Waals surface area contributed by atoms with E-state index in [0.29, 0.717) is 18.7 Å². The fraction of sp³-hybridized carbons (Fsp3) is 0.296. The number of anilines is 1. The number of hydrogen-bond acceptors (Lipinski definition) is 4. The first-order chi connectivity index (χ1) is 15.5. The molecule has 3 aromatic carbocycles. The number of aryl methyl sites for hydroxylation is 1. The zero-order valence-corrected chi connectivity index (χ0v) is 19.1. The molecule has 4 rings (SSSR count). The Labute approximate surface area is 190 Å². The SMILES string of the molecule is CCCN1C(=O)c2ccccc2N[C@H]1c1ccc(OC)c(COc2cccc(C)c2C)c1. The van der Waals surface area contributed by atoms with Crippen molar-refractivity contribution >= 4 is 11.6 Å². The number of benzene rings is 3. The fourth-order valence-corrected chi connectivity index (χ4v) is 4.14. The number of fused-ring (bicyclic) bond motifs is 1. The molecule has 3 aromatic rings. The monoisotopic (exact) mass is 430 g/mol. The minimum Gasteiger partial charge on any atom is -0.496 e. The van der Waals surface area contributed by atoms with Crippen LogP contribution in [0.5, 0.6) is 11.5 Å². The summed E-state index contributed by atoms with van der Waals surface area (Å²) in [4.78, 5) is 15.1. The topological polar surface area (TPSA) is 50.8 Å². The molecule has 0 saturated carbocycles. The van der Waals surface area contributed by atoms with Crippen LogP contribution in [0, 0.1) is 13.8 Å². The van der Waals surface area contributed by atoms with Gasteiger partial charge in [-0.2, -0.15) is 0 Å². The first-order valence-electron chi connectivity index (χ1n) is 11.1. The summed E-state index contributed by atoms with van der Waals surface area (Å²) in [7, 11) is 1.67. The van der Waals surface area contributed by atoms with E-state index in [0.717, 1.165) is 40.3 Å². The maximum absolute atomic E-state index is 13.2. The molecule has 1 amide bonds. The molecule has 1 aliphatic heterocycles. The maximum atomic E-state index is 13.2. The van der Waals surface area contributed by atoms with Gasteiger partial charge in [0.15, 0.2) is 0 Å². The van der Waals surface area contributed by atoms with Crippen LogP contribution in [0.2, 0.25) is 0 Å². The van der Waals surface area contributed by atoms with Gasteiger partial charge in [0.2, 0.25) is 0 Å². The number of methoxy groups -OCH3 is 1. The standard InChI is InChI=1S/C27H30N2O3/c1-5-15-29-26(28-23-11-7-6-10-22(23)27(29)30)20-13-14-25(31-4)21(16-20)17-32-24-12-8-9-18(2)19(24)3/h6-14,16,26,28H,5,15,17H2,1-4H3/t26-/m1/s1. The second kappa shape index (κ2) is 9.35. The minimum absolute atomic E-state index is 0.0511. The summed E-state index contributed by atoms with van der Waals surface area (Å²) >= 11 is 0. The molecule has 1 atom stereocenters. The van der Waals surface area contributed by atoms with E-state index in [1.54, 1.807) is 7.11 Å². The molecule has 0 bridgehead atoms. The predicted molar refractivity (Wildman–Crippen MR) is 127 cm³/mol. The molecule has 32 heavy (non-hydrogen) atoms. The molecule has 1 aliphatic rings. The lowest BCUT2D eigenvalue weighted by Gasteiger charge is -2.38. The van der Waals surface area contributed by atoms with E-state index >= 15 is 0 Å². The Hall–Kier alpha value is -3.47. The number of rotatable bonds is 7. The van der Waals surface area contributed by atoms with E-state index in [2.05, 4.69) is 38.2 Å². The van der Waals surface area contributed by atoms with Gasteiger partial charge in [0, 0.05) is 17.8 Å². The molecule has 166 valence electrons. The van der Waals surface area contributed by atoms with E-state index in [-0.39, 0.29) is 12.1 Å². The summed E-state index contributed by atoms with van der Waals surface area (Å²) in [6, 6.07) is 19.8. The third-order valence-electron chi connectivity index (χ3n) is 6.05. The molecule has 0 saturated heterocycles. The van der Waals surface area contributed by atoms with Crippen molar-refractivity contribution in [3.63, 3.8) is 0 Å². The molecular weight excluding hydrogens is 400 g/mol. The average Bonchev–Trinajstić information content (AvgIpc) is 2.81. The fourth-order valence-electron chi connectivity index (χ4n) is 4.14. The molecular formula is C27H30N2O3. The quantitative estimate of drug-likeness (QED) is 0.509. The molecule has 0 aromatic heterocycles. The van der Waals surface area contributed by atoms with E-state index in [1.807, 2.05) is 53.4 Å². The number of para-hydroxylation sites is 1. The number of carbonyl (C=O) groups excluding carboxylic acids is 1. The molecule has 5 nitrogen and oxygen atoms in total. The average molecular weight is 431 g/mol. The number of nitrogens with zero attached hydrogens (tertiary/aromatic N) is 1. The Morgan fingerprint density at radius 3 is 2.59 bits per heavy atom. The molecule has 0 unspecified atom stereocenters. The van der Waals surface area contributed by atoms with Crippen LogP contribution in [-0.2, 0) is 6.61 Å². The highest BCUT2D eigenvalue weighted by molar-refractivity contribution is 6.01. The summed E-state index contributed by atoms with van der Waals surface area (Å²) in [6.45, 7) is 7.28. The highest BCUT2D eigenvalue weighted by atomic mass is 16.5. The number of hydrogen-bond donors (Lipinski definition) is 1. The number of amides is 1. The molecule has 5 heteroatoms. The van der Waals surface area contributed by atoms with Crippen molar-refractivity contribution < 1.29 is 14.3 Å². The van der Waals surface area contributed by atoms with Gasteiger partial charge in [0.25, 0.3) is 5.91 Å². The van der Waals surface area contributed by atoms with Gasteiger partial charge in [-0.25, -0.2) is 0 Å². The van der Waals surface area contributed by atoms with E-state index in [4.69, 9.17) is 9.47 Å². The third kappa shape index (κ3) is 4.15. The van der Waals surface area contributed by atoms with E-state index < -0.39 is 0 Å². The van der Waals surface area contributed by atoms with Gasteiger partial charge in [0.05, 0.1) is 12.7 Å². The van der Waals surface area contributed by atoms with Crippen molar-refractivity contribution in [2.45, 2.75) is 40.0 Å². The van der Waals surface area contributed by atoms with E-state index in [1.165, 1.54) is 5.56 Å². The van der Waals surface area contributed by atoms with Crippen molar-refractivity contribution in [3.05, 3.63) is 88.5 Å². The Bertz CT molecular complexity index is 1130. The predicted octanol–water partition coefficient (Wildman–Crippen LogP) is 5.87. The van der Waals surface area contributed by atoms with E-state index in [9.17, 15) is 4.79 Å². The summed E-state index contributed by atoms with van der Waals surface area (Å²) in [5.41, 5.74) is 5.84. The first kappa shape index (κ1) is 21.8. The van der Waals surface area contributed by atoms with Crippen molar-refractivity contribution in [2.75, 3.05) is 19.0 Å². The number of nitrogens with one attached hydrogen (secondary N) is 1. The highest BCUT2D eigenvalue weighted by Crippen LogP contribution is 2.35. The largest absolute Gasteiger partial charge is 0.496 e. The van der Waals surface area contributed by atoms with Gasteiger partial charge in [-0.05, 0) is 67.3 Å². The Morgan fingerprint density at radius 2 is 1.81 bits per heavy atom. The molecule has 0 aliphatic carbocycles. The highest BCUT2D eigenvalue weighted by Gasteiger charge is 2.32. The lowest BCUT2D eigenvalue weighted by atomic mass is 10.0. The van der Waals surface area contributed by atoms with Crippen LogP contribution in [0.1, 0.15) is 52.1 Å². The smallest absolute Gasteiger partial charge is 0.257 e. The van der Waals surface area contributed by atoms with Crippen LogP contribution < -0.4 is 14.8 Å². The molecule has 1 N–H and O–H groups in total. The lowest BCUT2D eigenvalue weighted by Crippen LogP contribution is -2.43. The van der Waals surface area contributed by atoms with Gasteiger partial charge in [-0.3, -0.25) is 4.79 Å². The molecule has 1 heterocycles. The normalized spacial score (nSPS) is 15.2. The second-order valence-electron chi connectivity index (χ2n) is 8.15. The van der Waals surface area contributed by atoms with Gasteiger partial charge < -0.3 is 19.7 Å². The molecule has 0 spiro atoms. The number of carbonyl (C=O) groups is 1. The molecule has 0 fully saturated rings. The van der Waals surface area contributed by atoms with Crippen molar-refractivity contribution in [2.24, 2.45) is 0 Å². The second-order valence-corrected chi connectivity index (χ2v) is 8.15. The lowest BCUT2D eigenvalue weighted by molar-refractivity contribution is 0.0683. The summed E-state index contributed by atoms with van der Waals surface area (Å²) < 4.78 is 11.8. The minimum atomic E-state index is -0.247. The van der Waals surface area contributed by atoms with Crippen molar-refractivity contribution in [1.82, 2.24) is 4.90 Å². The Balaban J connectivity index is 1.66. The summed E-state index contributed by atoms with van der Waals surface area (Å²) in [5, 5.41) is 3.56. The Morgan fingerprint density at radius 1 is 1.00 bits per heavy atom. The van der Waals surface area contributed by atoms with Crippen LogP contribution in [0.3, 0.4) is 0 Å². The van der Waals surface area contributed by atoms with Gasteiger partial charge >= 0.3 is 0 Å². The van der Waals surface area contributed by atoms with Gasteiger partial charge in [-0.1, -0.05) is 37.3 Å². The first-order valence-corrected chi connectivity index (χ1v) is 11.1. The van der Waals surface area contributed by atoms with Gasteiger partial charge in [-0.15, -0.1) is 0 Å². The zero-order chi connectivity index (χ0) is 22.7. The van der Waals surface area contributed by atoms with Crippen LogP contribution >= 0.6 is 0 Å². The Kier molecular flexibility index (Phi) is 6.35. The van der Waals surface area contributed by atoms with Crippen molar-refractivity contribution in [3.8, 4) is 11.5 Å². The number of ether oxygens (including phenoxy) is 2. The zero-order valence-electron chi connectivity index (χ0n) is 19.1. The van der Waals surface area contributed by atoms with Crippen molar-refractivity contribution in [1.29, 1.82) is 0 Å². The summed E-state index contributed by atoms with van der Waals surface area (Å²) in [5.74, 6) is 1.68. The van der Waals surface area contributed by atoms with Crippen LogP contribution in [0.25, 0.3) is 0 Å².